The van der Waals surface area contributed by atoms with Crippen molar-refractivity contribution >= 4 is 23.4 Å². The summed E-state index contributed by atoms with van der Waals surface area (Å²) < 4.78 is 5.62. The number of carbonyl (C=O) groups is 2. The summed E-state index contributed by atoms with van der Waals surface area (Å²) >= 11 is 6.16. The first kappa shape index (κ1) is 21.2. The highest BCUT2D eigenvalue weighted by Gasteiger charge is 2.25. The van der Waals surface area contributed by atoms with Gasteiger partial charge in [0.1, 0.15) is 5.75 Å². The summed E-state index contributed by atoms with van der Waals surface area (Å²) in [5, 5.41) is 3.73. The standard InChI is InChI=1S/C23H27ClN2O3/c1-15-6-4-5-7-20(15)23(28)26-10-8-18(9-11-26)25-21(27)14-29-19-12-16(2)22(24)17(3)13-19/h4-7,12-13,18H,8-11,14H2,1-3H3,(H,25,27). The monoisotopic (exact) mass is 414 g/mol. The molecule has 1 saturated heterocycles. The SMILES string of the molecule is Cc1ccccc1C(=O)N1CCC(NC(=O)COc2cc(C)c(Cl)c(C)c2)CC1. The van der Waals surface area contributed by atoms with Gasteiger partial charge in [-0.15, -0.1) is 0 Å². The number of carbonyl (C=O) groups excluding carboxylic acids is 2. The van der Waals surface area contributed by atoms with Crippen LogP contribution >= 0.6 is 11.6 Å². The van der Waals surface area contributed by atoms with E-state index in [1.165, 1.54) is 0 Å². The average molecular weight is 415 g/mol. The van der Waals surface area contributed by atoms with Crippen molar-refractivity contribution in [2.45, 2.75) is 39.7 Å². The molecular formula is C23H27ClN2O3. The molecule has 2 aromatic carbocycles. The van der Waals surface area contributed by atoms with E-state index in [1.807, 2.05) is 62.1 Å². The fourth-order valence-corrected chi connectivity index (χ4v) is 3.73. The van der Waals surface area contributed by atoms with Crippen LogP contribution in [0, 0.1) is 20.8 Å². The van der Waals surface area contributed by atoms with Gasteiger partial charge in [-0.1, -0.05) is 29.8 Å². The zero-order chi connectivity index (χ0) is 21.0. The van der Waals surface area contributed by atoms with Crippen molar-refractivity contribution in [3.63, 3.8) is 0 Å². The minimum atomic E-state index is -0.154. The van der Waals surface area contributed by atoms with Crippen LogP contribution < -0.4 is 10.1 Å². The number of piperidine rings is 1. The van der Waals surface area contributed by atoms with Crippen LogP contribution in [-0.2, 0) is 4.79 Å². The van der Waals surface area contributed by atoms with Gasteiger partial charge in [0.25, 0.3) is 11.8 Å². The maximum atomic E-state index is 12.7. The van der Waals surface area contributed by atoms with Crippen molar-refractivity contribution in [2.75, 3.05) is 19.7 Å². The van der Waals surface area contributed by atoms with Crippen LogP contribution in [0.1, 0.15) is 39.9 Å². The Hall–Kier alpha value is -2.53. The van der Waals surface area contributed by atoms with Gasteiger partial charge in [0.05, 0.1) is 0 Å². The minimum Gasteiger partial charge on any atom is -0.484 e. The summed E-state index contributed by atoms with van der Waals surface area (Å²) in [6, 6.07) is 11.4. The zero-order valence-corrected chi connectivity index (χ0v) is 17.9. The van der Waals surface area contributed by atoms with Gasteiger partial charge in [-0.25, -0.2) is 0 Å². The molecule has 0 unspecified atom stereocenters. The van der Waals surface area contributed by atoms with Crippen LogP contribution in [0.5, 0.6) is 5.75 Å². The molecule has 2 amide bonds. The molecule has 0 radical (unpaired) electrons. The number of benzene rings is 2. The molecule has 0 aliphatic carbocycles. The Balaban J connectivity index is 1.46. The Kier molecular flexibility index (Phi) is 6.80. The first-order chi connectivity index (χ1) is 13.8. The molecule has 1 fully saturated rings. The number of amides is 2. The van der Waals surface area contributed by atoms with Gasteiger partial charge in [-0.05, 0) is 68.5 Å². The molecule has 0 spiro atoms. The quantitative estimate of drug-likeness (QED) is 0.802. The van der Waals surface area contributed by atoms with E-state index in [1.54, 1.807) is 0 Å². The highest BCUT2D eigenvalue weighted by Crippen LogP contribution is 2.25. The van der Waals surface area contributed by atoms with Crippen molar-refractivity contribution in [2.24, 2.45) is 0 Å². The van der Waals surface area contributed by atoms with Crippen molar-refractivity contribution in [3.8, 4) is 5.75 Å². The first-order valence-corrected chi connectivity index (χ1v) is 10.3. The van der Waals surface area contributed by atoms with E-state index >= 15 is 0 Å². The summed E-state index contributed by atoms with van der Waals surface area (Å²) in [6.45, 7) is 7.00. The molecule has 6 heteroatoms. The highest BCUT2D eigenvalue weighted by molar-refractivity contribution is 6.32. The number of rotatable bonds is 5. The molecule has 5 nitrogen and oxygen atoms in total. The summed E-state index contributed by atoms with van der Waals surface area (Å²) in [6.07, 6.45) is 1.48. The molecule has 154 valence electrons. The Labute approximate surface area is 177 Å². The van der Waals surface area contributed by atoms with Crippen LogP contribution in [-0.4, -0.2) is 42.5 Å². The van der Waals surface area contributed by atoms with E-state index in [9.17, 15) is 9.59 Å². The van der Waals surface area contributed by atoms with Crippen LogP contribution in [0.25, 0.3) is 0 Å². The van der Waals surface area contributed by atoms with Crippen LogP contribution in [0.3, 0.4) is 0 Å². The van der Waals surface area contributed by atoms with Crippen LogP contribution in [0.2, 0.25) is 5.02 Å². The highest BCUT2D eigenvalue weighted by atomic mass is 35.5. The fraction of sp³-hybridized carbons (Fsp3) is 0.391. The Morgan fingerprint density at radius 1 is 1.07 bits per heavy atom. The summed E-state index contributed by atoms with van der Waals surface area (Å²) in [5.41, 5.74) is 3.58. The second-order valence-electron chi connectivity index (χ2n) is 7.61. The second kappa shape index (κ2) is 9.31. The van der Waals surface area contributed by atoms with Gasteiger partial charge in [-0.2, -0.15) is 0 Å². The summed E-state index contributed by atoms with van der Waals surface area (Å²) in [7, 11) is 0. The molecule has 0 aromatic heterocycles. The van der Waals surface area contributed by atoms with Crippen molar-refractivity contribution in [3.05, 3.63) is 63.7 Å². The predicted molar refractivity (Wildman–Crippen MR) is 115 cm³/mol. The number of aryl methyl sites for hydroxylation is 3. The number of ether oxygens (including phenoxy) is 1. The predicted octanol–water partition coefficient (Wildman–Crippen LogP) is 4.07. The molecule has 0 saturated carbocycles. The number of hydrogen-bond acceptors (Lipinski definition) is 3. The maximum absolute atomic E-state index is 12.7. The van der Waals surface area contributed by atoms with Crippen molar-refractivity contribution in [1.82, 2.24) is 10.2 Å². The lowest BCUT2D eigenvalue weighted by Gasteiger charge is -2.32. The van der Waals surface area contributed by atoms with Gasteiger partial charge in [-0.3, -0.25) is 9.59 Å². The van der Waals surface area contributed by atoms with Crippen LogP contribution in [0.15, 0.2) is 36.4 Å². The largest absolute Gasteiger partial charge is 0.484 e. The number of likely N-dealkylation sites (tertiary alicyclic amines) is 1. The lowest BCUT2D eigenvalue weighted by atomic mass is 10.0. The van der Waals surface area contributed by atoms with E-state index in [-0.39, 0.29) is 24.5 Å². The summed E-state index contributed by atoms with van der Waals surface area (Å²) in [5.74, 6) is 0.543. The Morgan fingerprint density at radius 3 is 2.31 bits per heavy atom. The molecule has 0 atom stereocenters. The fourth-order valence-electron chi connectivity index (χ4n) is 3.62. The van der Waals surface area contributed by atoms with Crippen molar-refractivity contribution in [1.29, 1.82) is 0 Å². The maximum Gasteiger partial charge on any atom is 0.258 e. The molecule has 1 N–H and O–H groups in total. The topological polar surface area (TPSA) is 58.6 Å². The number of nitrogens with zero attached hydrogens (tertiary/aromatic N) is 1. The second-order valence-corrected chi connectivity index (χ2v) is 7.99. The van der Waals surface area contributed by atoms with Gasteiger partial charge >= 0.3 is 0 Å². The lowest BCUT2D eigenvalue weighted by molar-refractivity contribution is -0.124. The third-order valence-corrected chi connectivity index (χ3v) is 5.90. The van der Waals surface area contributed by atoms with E-state index in [4.69, 9.17) is 16.3 Å². The molecule has 29 heavy (non-hydrogen) atoms. The molecule has 0 bridgehead atoms. The van der Waals surface area contributed by atoms with E-state index in [0.717, 1.165) is 35.1 Å². The number of halogens is 1. The average Bonchev–Trinajstić information content (AvgIpc) is 2.71. The van der Waals surface area contributed by atoms with Gasteiger partial charge in [0.2, 0.25) is 0 Å². The van der Waals surface area contributed by atoms with E-state index < -0.39 is 0 Å². The number of hydrogen-bond donors (Lipinski definition) is 1. The molecule has 1 aliphatic heterocycles. The third kappa shape index (κ3) is 5.30. The van der Waals surface area contributed by atoms with Gasteiger partial charge < -0.3 is 15.0 Å². The molecular weight excluding hydrogens is 388 g/mol. The lowest BCUT2D eigenvalue weighted by Crippen LogP contribution is -2.47. The van der Waals surface area contributed by atoms with Crippen LogP contribution in [0.4, 0.5) is 0 Å². The van der Waals surface area contributed by atoms with Gasteiger partial charge in [0.15, 0.2) is 6.61 Å². The van der Waals surface area contributed by atoms with Gasteiger partial charge in [0, 0.05) is 29.7 Å². The summed E-state index contributed by atoms with van der Waals surface area (Å²) in [4.78, 5) is 26.8. The molecule has 3 rings (SSSR count). The van der Waals surface area contributed by atoms with E-state index in [2.05, 4.69) is 5.32 Å². The number of nitrogens with one attached hydrogen (secondary N) is 1. The Bertz CT molecular complexity index is 882. The van der Waals surface area contributed by atoms with Crippen molar-refractivity contribution < 1.29 is 14.3 Å². The minimum absolute atomic E-state index is 0.0388. The zero-order valence-electron chi connectivity index (χ0n) is 17.1. The molecule has 1 heterocycles. The third-order valence-electron chi connectivity index (χ3n) is 5.30. The molecule has 2 aromatic rings. The normalized spacial score (nSPS) is 14.6. The smallest absolute Gasteiger partial charge is 0.258 e. The first-order valence-electron chi connectivity index (χ1n) is 9.89. The molecule has 1 aliphatic rings. The Morgan fingerprint density at radius 2 is 1.69 bits per heavy atom. The van der Waals surface area contributed by atoms with E-state index in [0.29, 0.717) is 23.9 Å².